The molecular formula is C16H16FNOS. The zero-order chi connectivity index (χ0) is 14.4. The van der Waals surface area contributed by atoms with Gasteiger partial charge < -0.3 is 4.90 Å². The Labute approximate surface area is 122 Å². The number of benzene rings is 2. The normalized spacial score (nSPS) is 10.3. The topological polar surface area (TPSA) is 20.3 Å². The van der Waals surface area contributed by atoms with Crippen LogP contribution in [-0.2, 0) is 10.5 Å². The van der Waals surface area contributed by atoms with Gasteiger partial charge in [0.2, 0.25) is 5.91 Å². The van der Waals surface area contributed by atoms with Crippen LogP contribution in [0, 0.1) is 5.82 Å². The van der Waals surface area contributed by atoms with Crippen molar-refractivity contribution in [2.75, 3.05) is 17.7 Å². The van der Waals surface area contributed by atoms with Gasteiger partial charge >= 0.3 is 0 Å². The van der Waals surface area contributed by atoms with Gasteiger partial charge in [0, 0.05) is 18.5 Å². The van der Waals surface area contributed by atoms with E-state index in [-0.39, 0.29) is 11.7 Å². The minimum Gasteiger partial charge on any atom is -0.315 e. The van der Waals surface area contributed by atoms with Crippen molar-refractivity contribution >= 4 is 23.4 Å². The Bertz CT molecular complexity index is 574. The molecule has 0 aliphatic heterocycles. The van der Waals surface area contributed by atoms with E-state index < -0.39 is 0 Å². The molecule has 0 saturated carbocycles. The number of hydrogen-bond acceptors (Lipinski definition) is 2. The molecule has 0 unspecified atom stereocenters. The van der Waals surface area contributed by atoms with E-state index in [0.29, 0.717) is 11.5 Å². The minimum absolute atomic E-state index is 0.0394. The Kier molecular flexibility index (Phi) is 5.18. The summed E-state index contributed by atoms with van der Waals surface area (Å²) in [5.41, 5.74) is 1.77. The Balaban J connectivity index is 1.83. The molecule has 0 atom stereocenters. The van der Waals surface area contributed by atoms with Gasteiger partial charge in [-0.3, -0.25) is 4.79 Å². The third-order valence-electron chi connectivity index (χ3n) is 2.90. The Hall–Kier alpha value is -1.81. The number of para-hydroxylation sites is 1. The van der Waals surface area contributed by atoms with Gasteiger partial charge in [0.05, 0.1) is 5.75 Å². The molecule has 20 heavy (non-hydrogen) atoms. The largest absolute Gasteiger partial charge is 0.315 e. The maximum Gasteiger partial charge on any atom is 0.236 e. The molecule has 2 aromatic carbocycles. The molecule has 0 fully saturated rings. The van der Waals surface area contributed by atoms with Gasteiger partial charge in [-0.1, -0.05) is 30.3 Å². The van der Waals surface area contributed by atoms with Gasteiger partial charge in [0.25, 0.3) is 0 Å². The molecule has 0 aliphatic carbocycles. The highest BCUT2D eigenvalue weighted by atomic mass is 32.2. The monoisotopic (exact) mass is 289 g/mol. The van der Waals surface area contributed by atoms with Crippen molar-refractivity contribution in [2.45, 2.75) is 5.75 Å². The number of nitrogens with zero attached hydrogens (tertiary/aromatic N) is 1. The van der Waals surface area contributed by atoms with E-state index in [1.54, 1.807) is 18.0 Å². The average Bonchev–Trinajstić information content (AvgIpc) is 2.47. The van der Waals surface area contributed by atoms with Gasteiger partial charge in [-0.05, 0) is 29.8 Å². The highest BCUT2D eigenvalue weighted by Gasteiger charge is 2.10. The number of carbonyl (C=O) groups excluding carboxylic acids is 1. The number of carbonyl (C=O) groups is 1. The first-order valence-electron chi connectivity index (χ1n) is 6.30. The first-order chi connectivity index (χ1) is 9.66. The lowest BCUT2D eigenvalue weighted by atomic mass is 10.2. The molecule has 2 nitrogen and oxygen atoms in total. The van der Waals surface area contributed by atoms with Gasteiger partial charge in [-0.15, -0.1) is 11.8 Å². The first-order valence-corrected chi connectivity index (χ1v) is 7.46. The van der Waals surface area contributed by atoms with Crippen molar-refractivity contribution in [1.82, 2.24) is 0 Å². The molecule has 104 valence electrons. The lowest BCUT2D eigenvalue weighted by molar-refractivity contribution is -0.115. The molecule has 0 radical (unpaired) electrons. The van der Waals surface area contributed by atoms with Crippen LogP contribution in [-0.4, -0.2) is 18.7 Å². The fourth-order valence-electron chi connectivity index (χ4n) is 1.78. The van der Waals surface area contributed by atoms with E-state index in [1.165, 1.54) is 23.9 Å². The molecule has 0 spiro atoms. The van der Waals surface area contributed by atoms with Gasteiger partial charge in [-0.25, -0.2) is 4.39 Å². The van der Waals surface area contributed by atoms with E-state index >= 15 is 0 Å². The number of hydrogen-bond donors (Lipinski definition) is 0. The number of thioether (sulfide) groups is 1. The number of rotatable bonds is 5. The molecule has 0 N–H and O–H groups in total. The van der Waals surface area contributed by atoms with Crippen LogP contribution in [0.4, 0.5) is 10.1 Å². The van der Waals surface area contributed by atoms with Crippen LogP contribution in [0.25, 0.3) is 0 Å². The fraction of sp³-hybridized carbons (Fsp3) is 0.188. The van der Waals surface area contributed by atoms with Crippen molar-refractivity contribution < 1.29 is 9.18 Å². The molecule has 1 amide bonds. The molecule has 2 aromatic rings. The second-order valence-electron chi connectivity index (χ2n) is 4.41. The van der Waals surface area contributed by atoms with E-state index in [9.17, 15) is 9.18 Å². The van der Waals surface area contributed by atoms with Gasteiger partial charge in [-0.2, -0.15) is 0 Å². The summed E-state index contributed by atoms with van der Waals surface area (Å²) in [6.07, 6.45) is 0. The zero-order valence-corrected chi connectivity index (χ0v) is 12.1. The van der Waals surface area contributed by atoms with Crippen molar-refractivity contribution in [2.24, 2.45) is 0 Å². The van der Waals surface area contributed by atoms with E-state index in [1.807, 2.05) is 36.4 Å². The predicted molar refractivity (Wildman–Crippen MR) is 82.4 cm³/mol. The van der Waals surface area contributed by atoms with Crippen LogP contribution in [0.5, 0.6) is 0 Å². The molecule has 2 rings (SSSR count). The van der Waals surface area contributed by atoms with Crippen LogP contribution in [0.15, 0.2) is 54.6 Å². The lowest BCUT2D eigenvalue weighted by Crippen LogP contribution is -2.27. The van der Waals surface area contributed by atoms with E-state index in [4.69, 9.17) is 0 Å². The Morgan fingerprint density at radius 3 is 2.60 bits per heavy atom. The molecule has 0 aliphatic rings. The third-order valence-corrected chi connectivity index (χ3v) is 3.89. The number of anilines is 1. The summed E-state index contributed by atoms with van der Waals surface area (Å²) in [4.78, 5) is 13.7. The maximum absolute atomic E-state index is 13.0. The summed E-state index contributed by atoms with van der Waals surface area (Å²) in [6, 6.07) is 16.0. The Morgan fingerprint density at radius 2 is 1.90 bits per heavy atom. The number of amides is 1. The summed E-state index contributed by atoms with van der Waals surface area (Å²) in [6.45, 7) is 0. The summed E-state index contributed by atoms with van der Waals surface area (Å²) in [7, 11) is 1.76. The maximum atomic E-state index is 13.0. The summed E-state index contributed by atoms with van der Waals surface area (Å²) in [5.74, 6) is 0.807. The van der Waals surface area contributed by atoms with Crippen molar-refractivity contribution in [3.8, 4) is 0 Å². The van der Waals surface area contributed by atoms with Crippen molar-refractivity contribution in [1.29, 1.82) is 0 Å². The van der Waals surface area contributed by atoms with Gasteiger partial charge in [0.1, 0.15) is 5.82 Å². The van der Waals surface area contributed by atoms with Crippen LogP contribution in [0.2, 0.25) is 0 Å². The Morgan fingerprint density at radius 1 is 1.15 bits per heavy atom. The standard InChI is InChI=1S/C16H16FNOS/c1-18(15-8-3-2-4-9-15)16(19)12-20-11-13-6-5-7-14(17)10-13/h2-10H,11-12H2,1H3. The molecule has 0 aromatic heterocycles. The zero-order valence-electron chi connectivity index (χ0n) is 11.3. The SMILES string of the molecule is CN(C(=O)CSCc1cccc(F)c1)c1ccccc1. The highest BCUT2D eigenvalue weighted by Crippen LogP contribution is 2.16. The van der Waals surface area contributed by atoms with Crippen LogP contribution in [0.1, 0.15) is 5.56 Å². The van der Waals surface area contributed by atoms with E-state index in [2.05, 4.69) is 0 Å². The molecule has 0 bridgehead atoms. The quantitative estimate of drug-likeness (QED) is 0.836. The summed E-state index contributed by atoms with van der Waals surface area (Å²) < 4.78 is 13.0. The van der Waals surface area contributed by atoms with Crippen molar-refractivity contribution in [3.63, 3.8) is 0 Å². The lowest BCUT2D eigenvalue weighted by Gasteiger charge is -2.16. The van der Waals surface area contributed by atoms with Crippen LogP contribution < -0.4 is 4.90 Å². The van der Waals surface area contributed by atoms with Gasteiger partial charge in [0.15, 0.2) is 0 Å². The number of halogens is 1. The van der Waals surface area contributed by atoms with Crippen LogP contribution >= 0.6 is 11.8 Å². The molecular weight excluding hydrogens is 273 g/mol. The first kappa shape index (κ1) is 14.6. The summed E-state index contributed by atoms with van der Waals surface area (Å²) >= 11 is 1.49. The van der Waals surface area contributed by atoms with E-state index in [0.717, 1.165) is 11.3 Å². The fourth-order valence-corrected chi connectivity index (χ4v) is 2.66. The molecule has 4 heteroatoms. The average molecular weight is 289 g/mol. The predicted octanol–water partition coefficient (Wildman–Crippen LogP) is 3.72. The van der Waals surface area contributed by atoms with Crippen LogP contribution in [0.3, 0.4) is 0 Å². The second-order valence-corrected chi connectivity index (χ2v) is 5.40. The molecule has 0 heterocycles. The summed E-state index contributed by atoms with van der Waals surface area (Å²) in [5, 5.41) is 0. The minimum atomic E-state index is -0.240. The smallest absolute Gasteiger partial charge is 0.236 e. The highest BCUT2D eigenvalue weighted by molar-refractivity contribution is 7.99. The molecule has 0 saturated heterocycles. The third kappa shape index (κ3) is 4.10. The second kappa shape index (κ2) is 7.10. The van der Waals surface area contributed by atoms with Crippen molar-refractivity contribution in [3.05, 3.63) is 66.0 Å².